The minimum absolute atomic E-state index is 0.0232. The lowest BCUT2D eigenvalue weighted by atomic mass is 10.1. The first kappa shape index (κ1) is 20.3. The van der Waals surface area contributed by atoms with E-state index in [9.17, 15) is 9.59 Å². The van der Waals surface area contributed by atoms with Gasteiger partial charge in [0.15, 0.2) is 5.13 Å². The zero-order chi connectivity index (χ0) is 21.8. The molecule has 9 heteroatoms. The van der Waals surface area contributed by atoms with Crippen molar-refractivity contribution in [1.82, 2.24) is 14.8 Å². The van der Waals surface area contributed by atoms with E-state index in [2.05, 4.69) is 15.4 Å². The van der Waals surface area contributed by atoms with Crippen molar-refractivity contribution >= 4 is 28.3 Å². The van der Waals surface area contributed by atoms with E-state index in [1.165, 1.54) is 11.3 Å². The first-order valence-electron chi connectivity index (χ1n) is 9.37. The average molecular weight is 433 g/mol. The summed E-state index contributed by atoms with van der Waals surface area (Å²) >= 11 is 1.23. The second-order valence-electron chi connectivity index (χ2n) is 6.64. The molecule has 0 saturated carbocycles. The molecule has 2 amide bonds. The number of nitrogens with zero attached hydrogens (tertiary/aromatic N) is 3. The highest BCUT2D eigenvalue weighted by molar-refractivity contribution is 7.14. The summed E-state index contributed by atoms with van der Waals surface area (Å²) in [5.41, 5.74) is 8.24. The van der Waals surface area contributed by atoms with Gasteiger partial charge in [-0.3, -0.25) is 14.9 Å². The molecule has 156 valence electrons. The van der Waals surface area contributed by atoms with Crippen molar-refractivity contribution in [2.45, 2.75) is 6.42 Å². The normalized spacial score (nSPS) is 10.6. The number of carbonyl (C=O) groups excluding carboxylic acids is 2. The van der Waals surface area contributed by atoms with E-state index in [-0.39, 0.29) is 12.3 Å². The number of aromatic nitrogens is 3. The van der Waals surface area contributed by atoms with Gasteiger partial charge in [-0.15, -0.1) is 11.3 Å². The number of nitrogens with one attached hydrogen (secondary N) is 1. The van der Waals surface area contributed by atoms with Crippen LogP contribution in [0.4, 0.5) is 5.13 Å². The maximum atomic E-state index is 13.1. The molecule has 0 radical (unpaired) electrons. The number of methoxy groups -OCH3 is 1. The van der Waals surface area contributed by atoms with Gasteiger partial charge in [0.05, 0.1) is 30.5 Å². The Balaban J connectivity index is 1.68. The van der Waals surface area contributed by atoms with Crippen LogP contribution in [-0.4, -0.2) is 33.7 Å². The molecule has 0 saturated heterocycles. The van der Waals surface area contributed by atoms with Crippen LogP contribution in [0, 0.1) is 0 Å². The molecule has 3 N–H and O–H groups in total. The maximum absolute atomic E-state index is 13.1. The quantitative estimate of drug-likeness (QED) is 0.464. The number of anilines is 1. The lowest BCUT2D eigenvalue weighted by Gasteiger charge is -2.04. The molecule has 2 heterocycles. The molecule has 4 aromatic rings. The van der Waals surface area contributed by atoms with Gasteiger partial charge in [0.25, 0.3) is 5.91 Å². The zero-order valence-electron chi connectivity index (χ0n) is 16.6. The summed E-state index contributed by atoms with van der Waals surface area (Å²) < 4.78 is 6.88. The minimum Gasteiger partial charge on any atom is -0.497 e. The average Bonchev–Trinajstić information content (AvgIpc) is 3.41. The Kier molecular flexibility index (Phi) is 5.76. The lowest BCUT2D eigenvalue weighted by molar-refractivity contribution is -0.117. The molecule has 0 aliphatic heterocycles. The molecule has 2 aromatic carbocycles. The fourth-order valence-corrected chi connectivity index (χ4v) is 3.71. The second-order valence-corrected chi connectivity index (χ2v) is 7.50. The summed E-state index contributed by atoms with van der Waals surface area (Å²) in [5, 5.41) is 9.51. The van der Waals surface area contributed by atoms with E-state index in [0.29, 0.717) is 27.8 Å². The number of hydrogen-bond donors (Lipinski definition) is 2. The Morgan fingerprint density at radius 3 is 2.55 bits per heavy atom. The Labute approximate surface area is 182 Å². The van der Waals surface area contributed by atoms with Crippen molar-refractivity contribution in [1.29, 1.82) is 0 Å². The predicted octanol–water partition coefficient (Wildman–Crippen LogP) is 3.28. The van der Waals surface area contributed by atoms with Crippen LogP contribution >= 0.6 is 11.3 Å². The van der Waals surface area contributed by atoms with Crippen molar-refractivity contribution in [3.8, 4) is 22.7 Å². The fraction of sp³-hybridized carbons (Fsp3) is 0.0909. The van der Waals surface area contributed by atoms with E-state index >= 15 is 0 Å². The Bertz CT molecular complexity index is 1220. The number of carbonyl (C=O) groups is 2. The summed E-state index contributed by atoms with van der Waals surface area (Å²) in [6, 6.07) is 16.9. The number of benzene rings is 2. The Morgan fingerprint density at radius 1 is 1.13 bits per heavy atom. The highest BCUT2D eigenvalue weighted by Gasteiger charge is 2.20. The number of hydrogen-bond acceptors (Lipinski definition) is 6. The predicted molar refractivity (Wildman–Crippen MR) is 119 cm³/mol. The zero-order valence-corrected chi connectivity index (χ0v) is 17.4. The van der Waals surface area contributed by atoms with E-state index in [0.717, 1.165) is 11.3 Å². The molecule has 0 atom stereocenters. The minimum atomic E-state index is -0.478. The molecule has 0 aliphatic carbocycles. The largest absolute Gasteiger partial charge is 0.497 e. The number of rotatable bonds is 7. The molecule has 0 unspecified atom stereocenters. The SMILES string of the molecule is COc1ccc(-c2nn(-c3ccccc3)cc2C(=O)Nc2nc(CC(N)=O)cs2)cc1. The summed E-state index contributed by atoms with van der Waals surface area (Å²) in [5.74, 6) is -0.121. The highest BCUT2D eigenvalue weighted by Crippen LogP contribution is 2.27. The van der Waals surface area contributed by atoms with Crippen molar-refractivity contribution in [2.24, 2.45) is 5.73 Å². The summed E-state index contributed by atoms with van der Waals surface area (Å²) in [7, 11) is 1.60. The summed E-state index contributed by atoms with van der Waals surface area (Å²) in [6.07, 6.45) is 1.71. The summed E-state index contributed by atoms with van der Waals surface area (Å²) in [6.45, 7) is 0. The van der Waals surface area contributed by atoms with Crippen LogP contribution in [0.15, 0.2) is 66.2 Å². The standard InChI is InChI=1S/C22H19N5O3S/c1-30-17-9-7-14(8-10-17)20-18(12-27(26-20)16-5-3-2-4-6-16)21(29)25-22-24-15(13-31-22)11-19(23)28/h2-10,12-13H,11H2,1H3,(H2,23,28)(H,24,25,29). The van der Waals surface area contributed by atoms with Crippen LogP contribution in [0.1, 0.15) is 16.1 Å². The van der Waals surface area contributed by atoms with Gasteiger partial charge in [0.1, 0.15) is 11.4 Å². The molecule has 8 nitrogen and oxygen atoms in total. The van der Waals surface area contributed by atoms with Gasteiger partial charge in [-0.25, -0.2) is 9.67 Å². The second kappa shape index (κ2) is 8.80. The van der Waals surface area contributed by atoms with Gasteiger partial charge in [-0.2, -0.15) is 5.10 Å². The highest BCUT2D eigenvalue weighted by atomic mass is 32.1. The molecule has 31 heavy (non-hydrogen) atoms. The molecule has 0 fully saturated rings. The number of para-hydroxylation sites is 1. The topological polar surface area (TPSA) is 112 Å². The molecular formula is C22H19N5O3S. The monoisotopic (exact) mass is 433 g/mol. The molecule has 4 rings (SSSR count). The van der Waals surface area contributed by atoms with Crippen LogP contribution in [0.25, 0.3) is 16.9 Å². The van der Waals surface area contributed by atoms with Crippen LogP contribution < -0.4 is 15.8 Å². The molecule has 0 bridgehead atoms. The van der Waals surface area contributed by atoms with Crippen molar-refractivity contribution < 1.29 is 14.3 Å². The first-order chi connectivity index (χ1) is 15.0. The van der Waals surface area contributed by atoms with Crippen molar-refractivity contribution in [2.75, 3.05) is 12.4 Å². The van der Waals surface area contributed by atoms with Crippen LogP contribution in [-0.2, 0) is 11.2 Å². The van der Waals surface area contributed by atoms with Crippen molar-refractivity contribution in [3.63, 3.8) is 0 Å². The van der Waals surface area contributed by atoms with Crippen LogP contribution in [0.3, 0.4) is 0 Å². The van der Waals surface area contributed by atoms with Gasteiger partial charge in [0, 0.05) is 17.1 Å². The van der Waals surface area contributed by atoms with Crippen LogP contribution in [0.2, 0.25) is 0 Å². The van der Waals surface area contributed by atoms with Crippen LogP contribution in [0.5, 0.6) is 5.75 Å². The van der Waals surface area contributed by atoms with E-state index in [1.807, 2.05) is 54.6 Å². The van der Waals surface area contributed by atoms with Gasteiger partial charge in [-0.1, -0.05) is 18.2 Å². The number of primary amides is 1. The molecular weight excluding hydrogens is 414 g/mol. The third-order valence-corrected chi connectivity index (χ3v) is 5.28. The first-order valence-corrected chi connectivity index (χ1v) is 10.2. The maximum Gasteiger partial charge on any atom is 0.261 e. The van der Waals surface area contributed by atoms with Gasteiger partial charge in [-0.05, 0) is 36.4 Å². The number of amides is 2. The smallest absolute Gasteiger partial charge is 0.261 e. The van der Waals surface area contributed by atoms with E-state index in [1.54, 1.807) is 23.4 Å². The molecule has 2 aromatic heterocycles. The third-order valence-electron chi connectivity index (χ3n) is 4.47. The third kappa shape index (κ3) is 4.62. The summed E-state index contributed by atoms with van der Waals surface area (Å²) in [4.78, 5) is 28.4. The molecule has 0 aliphatic rings. The van der Waals surface area contributed by atoms with E-state index < -0.39 is 5.91 Å². The lowest BCUT2D eigenvalue weighted by Crippen LogP contribution is -2.14. The fourth-order valence-electron chi connectivity index (χ4n) is 3.00. The van der Waals surface area contributed by atoms with Gasteiger partial charge in [0.2, 0.25) is 5.91 Å². The number of nitrogens with two attached hydrogens (primary N) is 1. The van der Waals surface area contributed by atoms with Gasteiger partial charge >= 0.3 is 0 Å². The Morgan fingerprint density at radius 2 is 1.87 bits per heavy atom. The van der Waals surface area contributed by atoms with Gasteiger partial charge < -0.3 is 10.5 Å². The van der Waals surface area contributed by atoms with Crippen molar-refractivity contribution in [3.05, 3.63) is 77.4 Å². The molecule has 0 spiro atoms. The van der Waals surface area contributed by atoms with E-state index in [4.69, 9.17) is 10.5 Å². The number of ether oxygens (including phenoxy) is 1. The Hall–Kier alpha value is -3.98. The number of thiazole rings is 1.